The van der Waals surface area contributed by atoms with Gasteiger partial charge in [-0.25, -0.2) is 9.78 Å². The molecule has 13 atom stereocenters. The highest BCUT2D eigenvalue weighted by Crippen LogP contribution is 2.43. The van der Waals surface area contributed by atoms with Gasteiger partial charge in [0.2, 0.25) is 0 Å². The summed E-state index contributed by atoms with van der Waals surface area (Å²) in [6.07, 6.45) is 4.15. The third-order valence-electron chi connectivity index (χ3n) is 13.1. The number of aliphatic hydroxyl groups excluding tert-OH is 1. The highest BCUT2D eigenvalue weighted by molar-refractivity contribution is 6.00. The van der Waals surface area contributed by atoms with Gasteiger partial charge in [-0.15, -0.1) is 0 Å². The van der Waals surface area contributed by atoms with Crippen LogP contribution in [0.25, 0.3) is 11.3 Å². The number of aliphatic hydroxyl groups is 1. The lowest BCUT2D eigenvalue weighted by atomic mass is 9.73. The molecule has 16 nitrogen and oxygen atoms in total. The SMILES string of the molecule is CC[C@H]1OC(=O)[C@H](C)C(=O)[C@H](C)[C@@H](O[C@@H]2O[C@H](C)C[C@H](N(C)C)[C@H]2O)[C@@](C)(OC)C[C@@H](C)C(=O)[C@H](C)[C@H]2N(CCCCn3cnc(-c4cnccc4OC)c3)C(=O)O[C@]12C. The molecule has 3 aliphatic heterocycles. The molecule has 2 aromatic heterocycles. The minimum absolute atomic E-state index is 0.122. The molecule has 5 rings (SSSR count). The summed E-state index contributed by atoms with van der Waals surface area (Å²) in [5.74, 6) is -4.34. The number of amides is 1. The topological polar surface area (TPSA) is 181 Å². The number of ketones is 2. The van der Waals surface area contributed by atoms with Crippen LogP contribution in [0.15, 0.2) is 31.0 Å². The molecule has 0 spiro atoms. The van der Waals surface area contributed by atoms with E-state index in [4.69, 9.17) is 28.4 Å². The number of hydrogen-bond donors (Lipinski definition) is 1. The number of carbonyl (C=O) groups is 4. The molecule has 1 amide bonds. The number of hydrogen-bond acceptors (Lipinski definition) is 14. The molecule has 0 unspecified atom stereocenters. The van der Waals surface area contributed by atoms with Crippen LogP contribution in [0.5, 0.6) is 5.75 Å². The molecule has 5 heterocycles. The average molecular weight is 842 g/mol. The van der Waals surface area contributed by atoms with Crippen molar-refractivity contribution in [3.63, 3.8) is 0 Å². The van der Waals surface area contributed by atoms with Crippen molar-refractivity contribution in [2.24, 2.45) is 23.7 Å². The number of imidazole rings is 1. The molecule has 2 aromatic rings. The number of rotatable bonds is 12. The number of pyridine rings is 1. The number of cyclic esters (lactones) is 1. The third kappa shape index (κ3) is 9.57. The van der Waals surface area contributed by atoms with Crippen molar-refractivity contribution in [3.8, 4) is 17.0 Å². The summed E-state index contributed by atoms with van der Waals surface area (Å²) in [6.45, 7) is 14.8. The molecule has 0 aliphatic carbocycles. The predicted octanol–water partition coefficient (Wildman–Crippen LogP) is 4.94. The Morgan fingerprint density at radius 1 is 1.00 bits per heavy atom. The summed E-state index contributed by atoms with van der Waals surface area (Å²) >= 11 is 0. The van der Waals surface area contributed by atoms with Crippen LogP contribution in [0, 0.1) is 23.7 Å². The minimum Gasteiger partial charge on any atom is -0.496 e. The lowest BCUT2D eigenvalue weighted by molar-refractivity contribution is -0.295. The second kappa shape index (κ2) is 19.4. The van der Waals surface area contributed by atoms with Gasteiger partial charge in [0.1, 0.15) is 29.7 Å². The molecule has 0 bridgehead atoms. The molecule has 0 radical (unpaired) electrons. The van der Waals surface area contributed by atoms with E-state index < -0.39 is 83.4 Å². The van der Waals surface area contributed by atoms with Crippen molar-refractivity contribution in [1.29, 1.82) is 0 Å². The number of likely N-dealkylation sites (N-methyl/N-ethyl adjacent to an activating group) is 1. The van der Waals surface area contributed by atoms with Crippen LogP contribution in [-0.4, -0.2) is 142 Å². The molecular formula is C44H67N5O11. The molecule has 3 fully saturated rings. The standard InChI is InChI=1S/C44H67N5O11/c1-13-34-44(8)38(49(42(54)60-44)19-15-14-18-48-23-31(46-24-48)30-22-45-17-16-33(30)55-11)27(4)35(50)25(2)21-43(7,56-12)39(28(5)36(51)29(6)40(53)58-34)59-41-37(52)32(47(9)10)20-26(3)57-41/h16-17,22-29,32,34,37-39,41,52H,13-15,18-21H2,1-12H3/t25-,26-,27+,28+,29-,32+,34-,37-,38-,39-,41+,43+,44-/m1/s1. The molecule has 334 valence electrons. The maximum atomic E-state index is 14.7. The van der Waals surface area contributed by atoms with Crippen LogP contribution in [0.4, 0.5) is 4.79 Å². The lowest BCUT2D eigenvalue weighted by Gasteiger charge is -2.47. The van der Waals surface area contributed by atoms with Gasteiger partial charge in [-0.3, -0.25) is 19.4 Å². The molecule has 0 saturated carbocycles. The van der Waals surface area contributed by atoms with Crippen LogP contribution in [0.3, 0.4) is 0 Å². The Balaban J connectivity index is 1.43. The van der Waals surface area contributed by atoms with E-state index in [2.05, 4.69) is 9.97 Å². The second-order valence-electron chi connectivity index (χ2n) is 17.7. The summed E-state index contributed by atoms with van der Waals surface area (Å²) in [4.78, 5) is 69.2. The van der Waals surface area contributed by atoms with E-state index in [-0.39, 0.29) is 37.3 Å². The fourth-order valence-corrected chi connectivity index (χ4v) is 9.66. The number of methoxy groups -OCH3 is 2. The molecular weight excluding hydrogens is 775 g/mol. The number of Topliss-reactive ketones (excluding diaryl/α,β-unsaturated/α-hetero) is 2. The summed E-state index contributed by atoms with van der Waals surface area (Å²) in [5.41, 5.74) is -1.19. The van der Waals surface area contributed by atoms with E-state index in [1.807, 2.05) is 43.6 Å². The van der Waals surface area contributed by atoms with Gasteiger partial charge >= 0.3 is 12.1 Å². The summed E-state index contributed by atoms with van der Waals surface area (Å²) in [5, 5.41) is 11.5. The van der Waals surface area contributed by atoms with Crippen molar-refractivity contribution in [1.82, 2.24) is 24.3 Å². The molecule has 3 aliphatic rings. The van der Waals surface area contributed by atoms with E-state index in [1.165, 1.54) is 14.0 Å². The Hall–Kier alpha value is -3.96. The first kappa shape index (κ1) is 47.1. The van der Waals surface area contributed by atoms with Crippen LogP contribution < -0.4 is 4.74 Å². The Labute approximate surface area is 354 Å². The monoisotopic (exact) mass is 841 g/mol. The van der Waals surface area contributed by atoms with Gasteiger partial charge in [-0.05, 0) is 80.0 Å². The van der Waals surface area contributed by atoms with Gasteiger partial charge in [0.25, 0.3) is 0 Å². The van der Waals surface area contributed by atoms with Crippen molar-refractivity contribution in [3.05, 3.63) is 31.0 Å². The van der Waals surface area contributed by atoms with Gasteiger partial charge in [-0.1, -0.05) is 27.7 Å². The first-order valence-electron chi connectivity index (χ1n) is 21.3. The van der Waals surface area contributed by atoms with Gasteiger partial charge in [0.15, 0.2) is 17.7 Å². The maximum absolute atomic E-state index is 14.7. The number of carbonyl (C=O) groups excluding carboxylic acids is 4. The number of ether oxygens (including phenoxy) is 6. The molecule has 1 N–H and O–H groups in total. The van der Waals surface area contributed by atoms with Crippen LogP contribution in [-0.2, 0) is 44.6 Å². The highest BCUT2D eigenvalue weighted by atomic mass is 16.7. The van der Waals surface area contributed by atoms with Gasteiger partial charge in [0, 0.05) is 62.6 Å². The number of fused-ring (bicyclic) bond motifs is 1. The summed E-state index contributed by atoms with van der Waals surface area (Å²) in [6, 6.07) is 0.689. The van der Waals surface area contributed by atoms with E-state index in [0.717, 1.165) is 11.3 Å². The Morgan fingerprint density at radius 2 is 1.70 bits per heavy atom. The van der Waals surface area contributed by atoms with Gasteiger partial charge in [-0.2, -0.15) is 0 Å². The van der Waals surface area contributed by atoms with Crippen molar-refractivity contribution < 1.29 is 52.7 Å². The summed E-state index contributed by atoms with van der Waals surface area (Å²) in [7, 11) is 6.83. The molecule has 16 heteroatoms. The quantitative estimate of drug-likeness (QED) is 0.173. The fourth-order valence-electron chi connectivity index (χ4n) is 9.66. The number of aromatic nitrogens is 3. The van der Waals surface area contributed by atoms with Crippen LogP contribution >= 0.6 is 0 Å². The fraction of sp³-hybridized carbons (Fsp3) is 0.727. The molecule has 60 heavy (non-hydrogen) atoms. The van der Waals surface area contributed by atoms with Gasteiger partial charge in [0.05, 0.1) is 48.5 Å². The zero-order valence-electron chi connectivity index (χ0n) is 37.5. The number of esters is 1. The second-order valence-corrected chi connectivity index (χ2v) is 17.7. The first-order chi connectivity index (χ1) is 28.3. The Kier molecular flexibility index (Phi) is 15.2. The smallest absolute Gasteiger partial charge is 0.410 e. The van der Waals surface area contributed by atoms with Gasteiger partial charge < -0.3 is 47.9 Å². The zero-order chi connectivity index (χ0) is 44.3. The minimum atomic E-state index is -1.42. The normalized spacial score (nSPS) is 35.8. The van der Waals surface area contributed by atoms with Crippen molar-refractivity contribution in [2.75, 3.05) is 34.9 Å². The summed E-state index contributed by atoms with van der Waals surface area (Å²) < 4.78 is 38.7. The van der Waals surface area contributed by atoms with E-state index in [0.29, 0.717) is 31.6 Å². The zero-order valence-corrected chi connectivity index (χ0v) is 37.5. The van der Waals surface area contributed by atoms with E-state index in [1.54, 1.807) is 71.4 Å². The van der Waals surface area contributed by atoms with Crippen molar-refractivity contribution >= 4 is 23.6 Å². The average Bonchev–Trinajstić information content (AvgIpc) is 3.80. The molecule has 0 aromatic carbocycles. The Morgan fingerprint density at radius 3 is 2.35 bits per heavy atom. The van der Waals surface area contributed by atoms with Crippen molar-refractivity contribution in [2.45, 2.75) is 148 Å². The lowest BCUT2D eigenvalue weighted by Crippen LogP contribution is -2.60. The number of nitrogens with zero attached hydrogens (tertiary/aromatic N) is 5. The molecule has 3 saturated heterocycles. The Bertz CT molecular complexity index is 1820. The van der Waals surface area contributed by atoms with E-state index in [9.17, 15) is 24.3 Å². The predicted molar refractivity (Wildman–Crippen MR) is 221 cm³/mol. The number of aryl methyl sites for hydroxylation is 1. The third-order valence-corrected chi connectivity index (χ3v) is 13.1. The highest BCUT2D eigenvalue weighted by Gasteiger charge is 2.60. The first-order valence-corrected chi connectivity index (χ1v) is 21.3. The largest absolute Gasteiger partial charge is 0.496 e. The number of unbranched alkanes of at least 4 members (excludes halogenated alkanes) is 1. The van der Waals surface area contributed by atoms with Crippen LogP contribution in [0.2, 0.25) is 0 Å². The maximum Gasteiger partial charge on any atom is 0.410 e. The van der Waals surface area contributed by atoms with Crippen LogP contribution in [0.1, 0.15) is 87.5 Å². The van der Waals surface area contributed by atoms with E-state index >= 15 is 0 Å².